The molecular weight excluding hydrogens is 196 g/mol. The number of rotatable bonds is 5. The van der Waals surface area contributed by atoms with Gasteiger partial charge in [-0.15, -0.1) is 11.6 Å². The van der Waals surface area contributed by atoms with E-state index in [-0.39, 0.29) is 0 Å². The van der Waals surface area contributed by atoms with E-state index in [4.69, 9.17) is 16.1 Å². The summed E-state index contributed by atoms with van der Waals surface area (Å²) in [5.41, 5.74) is 0. The van der Waals surface area contributed by atoms with E-state index < -0.39 is 0 Å². The Morgan fingerprint density at radius 1 is 1.58 bits per heavy atom. The molecule has 0 saturated heterocycles. The lowest BCUT2D eigenvalue weighted by atomic mass is 10.6. The van der Waals surface area contributed by atoms with Gasteiger partial charge in [-0.1, -0.05) is 12.1 Å². The van der Waals surface area contributed by atoms with Crippen LogP contribution in [0, 0.1) is 0 Å². The van der Waals surface area contributed by atoms with Crippen LogP contribution >= 0.6 is 23.4 Å². The zero-order valence-corrected chi connectivity index (χ0v) is 8.49. The predicted molar refractivity (Wildman–Crippen MR) is 50.3 cm³/mol. The number of alkyl halides is 1. The number of hydrogen-bond acceptors (Lipinski definition) is 4. The van der Waals surface area contributed by atoms with Crippen molar-refractivity contribution in [1.29, 1.82) is 0 Å². The topological polar surface area (TPSA) is 38.9 Å². The standard InChI is InChI=1S/C7H11ClN2OS/c1-2-3-12-5-6-9-7(4-8)11-10-6/h2-5H2,1H3. The predicted octanol–water partition coefficient (Wildman–Crippen LogP) is 2.45. The van der Waals surface area contributed by atoms with Crippen LogP contribution in [0.5, 0.6) is 0 Å². The normalized spacial score (nSPS) is 10.5. The van der Waals surface area contributed by atoms with Gasteiger partial charge in [0.15, 0.2) is 5.82 Å². The molecule has 0 radical (unpaired) electrons. The summed E-state index contributed by atoms with van der Waals surface area (Å²) in [6.07, 6.45) is 1.17. The highest BCUT2D eigenvalue weighted by Crippen LogP contribution is 2.10. The maximum absolute atomic E-state index is 5.50. The monoisotopic (exact) mass is 206 g/mol. The molecule has 0 amide bonds. The molecule has 5 heteroatoms. The molecule has 68 valence electrons. The Morgan fingerprint density at radius 2 is 2.42 bits per heavy atom. The van der Waals surface area contributed by atoms with Crippen LogP contribution in [0.2, 0.25) is 0 Å². The lowest BCUT2D eigenvalue weighted by molar-refractivity contribution is 0.386. The van der Waals surface area contributed by atoms with Crippen LogP contribution in [0.4, 0.5) is 0 Å². The molecule has 0 atom stereocenters. The fourth-order valence-electron chi connectivity index (χ4n) is 0.711. The summed E-state index contributed by atoms with van der Waals surface area (Å²) in [4.78, 5) is 4.07. The summed E-state index contributed by atoms with van der Waals surface area (Å²) in [6.45, 7) is 2.15. The SMILES string of the molecule is CCCSCc1noc(CCl)n1. The third-order valence-electron chi connectivity index (χ3n) is 1.20. The molecule has 1 heterocycles. The van der Waals surface area contributed by atoms with Crippen molar-refractivity contribution >= 4 is 23.4 Å². The Kier molecular flexibility index (Phi) is 4.46. The van der Waals surface area contributed by atoms with E-state index in [0.29, 0.717) is 11.8 Å². The lowest BCUT2D eigenvalue weighted by Gasteiger charge is -1.91. The van der Waals surface area contributed by atoms with Gasteiger partial charge in [0.05, 0.1) is 5.75 Å². The van der Waals surface area contributed by atoms with Gasteiger partial charge < -0.3 is 4.52 Å². The summed E-state index contributed by atoms with van der Waals surface area (Å²) in [5.74, 6) is 3.48. The van der Waals surface area contributed by atoms with Gasteiger partial charge in [-0.3, -0.25) is 0 Å². The highest BCUT2D eigenvalue weighted by molar-refractivity contribution is 7.98. The zero-order chi connectivity index (χ0) is 8.81. The minimum absolute atomic E-state index is 0.297. The number of hydrogen-bond donors (Lipinski definition) is 0. The Balaban J connectivity index is 2.31. The summed E-state index contributed by atoms with van der Waals surface area (Å²) in [7, 11) is 0. The minimum atomic E-state index is 0.297. The van der Waals surface area contributed by atoms with E-state index in [0.717, 1.165) is 17.3 Å². The maximum atomic E-state index is 5.50. The number of nitrogens with zero attached hydrogens (tertiary/aromatic N) is 2. The summed E-state index contributed by atoms with van der Waals surface area (Å²) < 4.78 is 4.84. The Morgan fingerprint density at radius 3 is 3.00 bits per heavy atom. The van der Waals surface area contributed by atoms with Crippen molar-refractivity contribution in [3.8, 4) is 0 Å². The minimum Gasteiger partial charge on any atom is -0.338 e. The number of aromatic nitrogens is 2. The van der Waals surface area contributed by atoms with Crippen molar-refractivity contribution in [2.75, 3.05) is 5.75 Å². The van der Waals surface area contributed by atoms with Crippen LogP contribution in [0.25, 0.3) is 0 Å². The molecule has 12 heavy (non-hydrogen) atoms. The molecule has 0 bridgehead atoms. The van der Waals surface area contributed by atoms with Gasteiger partial charge in [0, 0.05) is 0 Å². The summed E-state index contributed by atoms with van der Waals surface area (Å²) in [6, 6.07) is 0. The Hall–Kier alpha value is -0.220. The molecule has 0 aliphatic heterocycles. The van der Waals surface area contributed by atoms with Crippen LogP contribution < -0.4 is 0 Å². The van der Waals surface area contributed by atoms with Crippen LogP contribution in [0.3, 0.4) is 0 Å². The number of halogens is 1. The quantitative estimate of drug-likeness (QED) is 0.548. The second kappa shape index (κ2) is 5.43. The van der Waals surface area contributed by atoms with E-state index >= 15 is 0 Å². The fraction of sp³-hybridized carbons (Fsp3) is 0.714. The van der Waals surface area contributed by atoms with Crippen LogP contribution in [0.15, 0.2) is 4.52 Å². The van der Waals surface area contributed by atoms with E-state index in [1.807, 2.05) is 0 Å². The highest BCUT2D eigenvalue weighted by Gasteiger charge is 2.03. The van der Waals surface area contributed by atoms with E-state index in [1.165, 1.54) is 6.42 Å². The first-order valence-electron chi connectivity index (χ1n) is 3.82. The van der Waals surface area contributed by atoms with E-state index in [9.17, 15) is 0 Å². The van der Waals surface area contributed by atoms with Gasteiger partial charge in [-0.05, 0) is 12.2 Å². The van der Waals surface area contributed by atoms with Crippen molar-refractivity contribution in [3.05, 3.63) is 11.7 Å². The van der Waals surface area contributed by atoms with Gasteiger partial charge in [0.1, 0.15) is 5.88 Å². The van der Waals surface area contributed by atoms with Crippen molar-refractivity contribution in [2.24, 2.45) is 0 Å². The molecule has 0 unspecified atom stereocenters. The molecule has 0 spiro atoms. The summed E-state index contributed by atoms with van der Waals surface area (Å²) >= 11 is 7.30. The molecule has 0 fully saturated rings. The molecule has 0 N–H and O–H groups in total. The Labute approximate surface area is 80.9 Å². The van der Waals surface area contributed by atoms with Crippen LogP contribution in [-0.4, -0.2) is 15.9 Å². The van der Waals surface area contributed by atoms with E-state index in [1.54, 1.807) is 11.8 Å². The van der Waals surface area contributed by atoms with Crippen molar-refractivity contribution in [2.45, 2.75) is 25.0 Å². The van der Waals surface area contributed by atoms with Gasteiger partial charge in [0.25, 0.3) is 0 Å². The van der Waals surface area contributed by atoms with E-state index in [2.05, 4.69) is 17.1 Å². The zero-order valence-electron chi connectivity index (χ0n) is 6.92. The van der Waals surface area contributed by atoms with Gasteiger partial charge in [-0.25, -0.2) is 0 Å². The molecule has 0 aliphatic rings. The van der Waals surface area contributed by atoms with Crippen LogP contribution in [0.1, 0.15) is 25.1 Å². The smallest absolute Gasteiger partial charge is 0.241 e. The van der Waals surface area contributed by atoms with Crippen molar-refractivity contribution < 1.29 is 4.52 Å². The largest absolute Gasteiger partial charge is 0.338 e. The lowest BCUT2D eigenvalue weighted by Crippen LogP contribution is -1.85. The molecule has 1 aromatic rings. The molecule has 0 saturated carbocycles. The maximum Gasteiger partial charge on any atom is 0.241 e. The van der Waals surface area contributed by atoms with Crippen molar-refractivity contribution in [1.82, 2.24) is 10.1 Å². The molecule has 3 nitrogen and oxygen atoms in total. The van der Waals surface area contributed by atoms with Gasteiger partial charge in [-0.2, -0.15) is 16.7 Å². The molecule has 0 aromatic carbocycles. The van der Waals surface area contributed by atoms with Crippen molar-refractivity contribution in [3.63, 3.8) is 0 Å². The molecule has 1 rings (SSSR count). The summed E-state index contributed by atoms with van der Waals surface area (Å²) in [5, 5.41) is 3.77. The second-order valence-electron chi connectivity index (χ2n) is 2.29. The van der Waals surface area contributed by atoms with Crippen LogP contribution in [-0.2, 0) is 11.6 Å². The first-order chi connectivity index (χ1) is 5.86. The van der Waals surface area contributed by atoms with Gasteiger partial charge in [0.2, 0.25) is 5.89 Å². The first kappa shape index (κ1) is 9.86. The highest BCUT2D eigenvalue weighted by atomic mass is 35.5. The average molecular weight is 207 g/mol. The third-order valence-corrected chi connectivity index (χ3v) is 2.59. The first-order valence-corrected chi connectivity index (χ1v) is 5.51. The van der Waals surface area contributed by atoms with Gasteiger partial charge >= 0.3 is 0 Å². The number of thioether (sulfide) groups is 1. The second-order valence-corrected chi connectivity index (χ2v) is 3.66. The molecule has 1 aromatic heterocycles. The Bertz CT molecular complexity index is 229. The average Bonchev–Trinajstić information content (AvgIpc) is 2.53. The fourth-order valence-corrected chi connectivity index (χ4v) is 1.55. The molecule has 0 aliphatic carbocycles. The third kappa shape index (κ3) is 3.03. The molecular formula is C7H11ClN2OS.